The smallest absolute Gasteiger partial charge is 0.251 e. The predicted molar refractivity (Wildman–Crippen MR) is 96.4 cm³/mol. The van der Waals surface area contributed by atoms with Crippen LogP contribution in [0.4, 0.5) is 0 Å². The molecule has 2 aromatic rings. The monoisotopic (exact) mass is 341 g/mol. The molecule has 1 amide bonds. The predicted octanol–water partition coefficient (Wildman–Crippen LogP) is 3.39. The van der Waals surface area contributed by atoms with Gasteiger partial charge in [0.1, 0.15) is 12.7 Å². The van der Waals surface area contributed by atoms with Gasteiger partial charge in [0, 0.05) is 17.8 Å². The van der Waals surface area contributed by atoms with Crippen LogP contribution >= 0.6 is 0 Å². The van der Waals surface area contributed by atoms with Crippen molar-refractivity contribution in [2.45, 2.75) is 58.9 Å². The van der Waals surface area contributed by atoms with Crippen molar-refractivity contribution in [1.29, 1.82) is 0 Å². The highest BCUT2D eigenvalue weighted by atomic mass is 16.1. The van der Waals surface area contributed by atoms with Crippen molar-refractivity contribution in [2.75, 3.05) is 0 Å². The summed E-state index contributed by atoms with van der Waals surface area (Å²) in [5.74, 6) is 1.31. The molecule has 25 heavy (non-hydrogen) atoms. The lowest BCUT2D eigenvalue weighted by Gasteiger charge is -2.39. The molecular formula is C19H27N5O. The third-order valence-electron chi connectivity index (χ3n) is 5.74. The highest BCUT2D eigenvalue weighted by molar-refractivity contribution is 5.94. The van der Waals surface area contributed by atoms with E-state index in [9.17, 15) is 4.79 Å². The van der Waals surface area contributed by atoms with E-state index in [1.807, 2.05) is 0 Å². The van der Waals surface area contributed by atoms with E-state index in [2.05, 4.69) is 41.2 Å². The molecule has 1 N–H and O–H groups in total. The number of nitrogens with zero attached hydrogens (tertiary/aromatic N) is 4. The van der Waals surface area contributed by atoms with E-state index < -0.39 is 0 Å². The Hall–Kier alpha value is -2.24. The fourth-order valence-electron chi connectivity index (χ4n) is 3.59. The van der Waals surface area contributed by atoms with Crippen molar-refractivity contribution < 1.29 is 4.79 Å². The highest BCUT2D eigenvalue weighted by Crippen LogP contribution is 2.40. The van der Waals surface area contributed by atoms with Crippen molar-refractivity contribution in [1.82, 2.24) is 25.1 Å². The van der Waals surface area contributed by atoms with Gasteiger partial charge in [0.15, 0.2) is 5.82 Å². The lowest BCUT2D eigenvalue weighted by molar-refractivity contribution is 0.0893. The molecule has 6 nitrogen and oxygen atoms in total. The van der Waals surface area contributed by atoms with Crippen LogP contribution < -0.4 is 5.32 Å². The molecule has 1 aliphatic carbocycles. The summed E-state index contributed by atoms with van der Waals surface area (Å²) >= 11 is 0. The maximum absolute atomic E-state index is 12.6. The molecule has 134 valence electrons. The van der Waals surface area contributed by atoms with Gasteiger partial charge in [-0.15, -0.1) is 0 Å². The number of carbonyl (C=O) groups excluding carboxylic acids is 1. The Morgan fingerprint density at radius 3 is 2.72 bits per heavy atom. The lowest BCUT2D eigenvalue weighted by Crippen LogP contribution is -2.39. The normalized spacial score (nSPS) is 21.1. The molecule has 0 spiro atoms. The third kappa shape index (κ3) is 4.06. The standard InChI is InChI=1S/C19H27N5O/c1-4-19(2,3)15-5-7-16(8-6-15)23-18(25)14-9-10-21-17(11-14)24-13-20-12-22-24/h9-13,15-16H,4-8H2,1-3H3,(H,23,25). The second kappa shape index (κ2) is 7.33. The molecule has 6 heteroatoms. The number of aromatic nitrogens is 4. The van der Waals surface area contributed by atoms with Crippen molar-refractivity contribution in [3.63, 3.8) is 0 Å². The summed E-state index contributed by atoms with van der Waals surface area (Å²) in [7, 11) is 0. The molecule has 0 unspecified atom stereocenters. The minimum absolute atomic E-state index is 0.0398. The van der Waals surface area contributed by atoms with Gasteiger partial charge in [-0.2, -0.15) is 5.10 Å². The van der Waals surface area contributed by atoms with E-state index in [4.69, 9.17) is 0 Å². The van der Waals surface area contributed by atoms with Crippen LogP contribution in [-0.2, 0) is 0 Å². The molecule has 2 aromatic heterocycles. The minimum atomic E-state index is -0.0398. The Morgan fingerprint density at radius 1 is 1.32 bits per heavy atom. The van der Waals surface area contributed by atoms with Crippen LogP contribution in [0.1, 0.15) is 63.2 Å². The summed E-state index contributed by atoms with van der Waals surface area (Å²) in [5.41, 5.74) is 1.00. The van der Waals surface area contributed by atoms with E-state index in [0.717, 1.165) is 18.8 Å². The molecule has 3 rings (SSSR count). The van der Waals surface area contributed by atoms with Gasteiger partial charge in [-0.25, -0.2) is 14.6 Å². The Kier molecular flexibility index (Phi) is 5.16. The first-order valence-electron chi connectivity index (χ1n) is 9.11. The van der Waals surface area contributed by atoms with E-state index in [1.165, 1.54) is 25.6 Å². The van der Waals surface area contributed by atoms with Crippen LogP contribution in [0.15, 0.2) is 31.0 Å². The van der Waals surface area contributed by atoms with E-state index in [1.54, 1.807) is 29.3 Å². The maximum atomic E-state index is 12.6. The molecule has 0 bridgehead atoms. The average molecular weight is 341 g/mol. The van der Waals surface area contributed by atoms with Gasteiger partial charge in [0.25, 0.3) is 5.91 Å². The number of rotatable bonds is 5. The van der Waals surface area contributed by atoms with E-state index in [-0.39, 0.29) is 11.9 Å². The Balaban J connectivity index is 1.60. The van der Waals surface area contributed by atoms with Gasteiger partial charge in [0.2, 0.25) is 0 Å². The van der Waals surface area contributed by atoms with Gasteiger partial charge >= 0.3 is 0 Å². The Morgan fingerprint density at radius 2 is 2.08 bits per heavy atom. The SMILES string of the molecule is CCC(C)(C)C1CCC(NC(=O)c2ccnc(-n3cncn3)c2)CC1. The molecule has 0 aromatic carbocycles. The van der Waals surface area contributed by atoms with E-state index >= 15 is 0 Å². The summed E-state index contributed by atoms with van der Waals surface area (Å²) in [6.45, 7) is 6.99. The molecule has 0 radical (unpaired) electrons. The summed E-state index contributed by atoms with van der Waals surface area (Å²) < 4.78 is 1.55. The second-order valence-corrected chi connectivity index (χ2v) is 7.61. The molecule has 0 atom stereocenters. The van der Waals surface area contributed by atoms with Crippen molar-refractivity contribution in [2.24, 2.45) is 11.3 Å². The van der Waals surface area contributed by atoms with Gasteiger partial charge in [-0.1, -0.05) is 27.2 Å². The van der Waals surface area contributed by atoms with Crippen LogP contribution in [0.25, 0.3) is 5.82 Å². The molecule has 0 saturated heterocycles. The first-order chi connectivity index (χ1) is 12.0. The summed E-state index contributed by atoms with van der Waals surface area (Å²) in [6, 6.07) is 3.75. The summed E-state index contributed by atoms with van der Waals surface area (Å²) in [4.78, 5) is 20.7. The molecule has 1 aliphatic rings. The largest absolute Gasteiger partial charge is 0.349 e. The summed E-state index contributed by atoms with van der Waals surface area (Å²) in [6.07, 6.45) is 10.3. The molecule has 0 aliphatic heterocycles. The van der Waals surface area contributed by atoms with Crippen molar-refractivity contribution in [3.8, 4) is 5.82 Å². The van der Waals surface area contributed by atoms with Crippen LogP contribution in [-0.4, -0.2) is 31.7 Å². The Bertz CT molecular complexity index is 702. The number of nitrogens with one attached hydrogen (secondary N) is 1. The summed E-state index contributed by atoms with van der Waals surface area (Å²) in [5, 5.41) is 7.24. The maximum Gasteiger partial charge on any atom is 0.251 e. The van der Waals surface area contributed by atoms with Crippen LogP contribution in [0.2, 0.25) is 0 Å². The van der Waals surface area contributed by atoms with Crippen molar-refractivity contribution >= 4 is 5.91 Å². The minimum Gasteiger partial charge on any atom is -0.349 e. The average Bonchev–Trinajstić information content (AvgIpc) is 3.17. The van der Waals surface area contributed by atoms with Gasteiger partial charge in [0.05, 0.1) is 0 Å². The molecule has 1 fully saturated rings. The van der Waals surface area contributed by atoms with E-state index in [0.29, 0.717) is 16.8 Å². The molecular weight excluding hydrogens is 314 g/mol. The number of amides is 1. The zero-order valence-corrected chi connectivity index (χ0v) is 15.3. The first-order valence-corrected chi connectivity index (χ1v) is 9.11. The van der Waals surface area contributed by atoms with Crippen LogP contribution in [0, 0.1) is 11.3 Å². The zero-order chi connectivity index (χ0) is 17.9. The number of carbonyl (C=O) groups is 1. The fraction of sp³-hybridized carbons (Fsp3) is 0.579. The number of pyridine rings is 1. The highest BCUT2D eigenvalue weighted by Gasteiger charge is 2.32. The first kappa shape index (κ1) is 17.6. The number of hydrogen-bond donors (Lipinski definition) is 1. The fourth-order valence-corrected chi connectivity index (χ4v) is 3.59. The number of hydrogen-bond acceptors (Lipinski definition) is 4. The Labute approximate surface area is 149 Å². The van der Waals surface area contributed by atoms with Crippen LogP contribution in [0.5, 0.6) is 0 Å². The second-order valence-electron chi connectivity index (χ2n) is 7.61. The quantitative estimate of drug-likeness (QED) is 0.905. The topological polar surface area (TPSA) is 72.7 Å². The molecule has 2 heterocycles. The van der Waals surface area contributed by atoms with Crippen LogP contribution in [0.3, 0.4) is 0 Å². The van der Waals surface area contributed by atoms with Crippen molar-refractivity contribution in [3.05, 3.63) is 36.5 Å². The van der Waals surface area contributed by atoms with Gasteiger partial charge in [-0.05, 0) is 49.1 Å². The zero-order valence-electron chi connectivity index (χ0n) is 15.3. The third-order valence-corrected chi connectivity index (χ3v) is 5.74. The van der Waals surface area contributed by atoms with Gasteiger partial charge in [-0.3, -0.25) is 4.79 Å². The molecule has 1 saturated carbocycles. The lowest BCUT2D eigenvalue weighted by atomic mass is 9.69. The van der Waals surface area contributed by atoms with Gasteiger partial charge < -0.3 is 5.32 Å².